The van der Waals surface area contributed by atoms with Crippen LogP contribution in [0.25, 0.3) is 0 Å². The van der Waals surface area contributed by atoms with Gasteiger partial charge in [-0.05, 0) is 31.5 Å². The SMILES string of the molecule is C=C[Si](C)(OCCCCCCCCCCCCCCC)OC(CC)CCCC. The van der Waals surface area contributed by atoms with E-state index >= 15 is 0 Å². The van der Waals surface area contributed by atoms with Crippen LogP contribution in [0.1, 0.15) is 130 Å². The monoisotopic (exact) mass is 412 g/mol. The summed E-state index contributed by atoms with van der Waals surface area (Å²) in [7, 11) is -2.20. The summed E-state index contributed by atoms with van der Waals surface area (Å²) < 4.78 is 12.5. The molecule has 0 aliphatic rings. The van der Waals surface area contributed by atoms with Gasteiger partial charge in [-0.2, -0.15) is 0 Å². The molecule has 0 amide bonds. The second kappa shape index (κ2) is 20.2. The molecule has 0 aromatic heterocycles. The van der Waals surface area contributed by atoms with Crippen molar-refractivity contribution in [1.82, 2.24) is 0 Å². The maximum atomic E-state index is 6.35. The highest BCUT2D eigenvalue weighted by Gasteiger charge is 2.30. The minimum Gasteiger partial charge on any atom is -0.391 e. The molecule has 2 unspecified atom stereocenters. The van der Waals surface area contributed by atoms with Gasteiger partial charge in [0.2, 0.25) is 0 Å². The Morgan fingerprint density at radius 1 is 0.714 bits per heavy atom. The number of hydrogen-bond donors (Lipinski definition) is 0. The standard InChI is InChI=1S/C25H52O2Si/c1-6-10-12-13-14-15-16-17-18-19-20-21-22-24-26-28(5,9-4)27-25(8-3)23-11-7-2/h9,25H,4,6-8,10-24H2,1-3,5H3. The fourth-order valence-corrected chi connectivity index (χ4v) is 5.42. The summed E-state index contributed by atoms with van der Waals surface area (Å²) in [5.41, 5.74) is 1.96. The lowest BCUT2D eigenvalue weighted by Gasteiger charge is -2.29. The van der Waals surface area contributed by atoms with Gasteiger partial charge in [0.25, 0.3) is 0 Å². The van der Waals surface area contributed by atoms with Crippen molar-refractivity contribution in [2.75, 3.05) is 6.61 Å². The Kier molecular flexibility index (Phi) is 20.1. The summed E-state index contributed by atoms with van der Waals surface area (Å²) in [6.45, 7) is 13.7. The lowest BCUT2D eigenvalue weighted by molar-refractivity contribution is 0.112. The zero-order valence-electron chi connectivity index (χ0n) is 19.9. The van der Waals surface area contributed by atoms with E-state index in [2.05, 4.69) is 33.9 Å². The molecule has 0 rings (SSSR count). The molecule has 0 bridgehead atoms. The van der Waals surface area contributed by atoms with Gasteiger partial charge in [-0.1, -0.05) is 111 Å². The van der Waals surface area contributed by atoms with E-state index in [-0.39, 0.29) is 0 Å². The van der Waals surface area contributed by atoms with E-state index in [1.807, 2.05) is 5.70 Å². The van der Waals surface area contributed by atoms with Crippen molar-refractivity contribution in [1.29, 1.82) is 0 Å². The predicted octanol–water partition coefficient (Wildman–Crippen LogP) is 8.88. The first kappa shape index (κ1) is 27.9. The zero-order chi connectivity index (χ0) is 20.9. The van der Waals surface area contributed by atoms with Gasteiger partial charge in [-0.3, -0.25) is 0 Å². The quantitative estimate of drug-likeness (QED) is 0.130. The van der Waals surface area contributed by atoms with Gasteiger partial charge in [0.15, 0.2) is 0 Å². The van der Waals surface area contributed by atoms with Crippen molar-refractivity contribution in [3.05, 3.63) is 12.3 Å². The van der Waals surface area contributed by atoms with Gasteiger partial charge in [0.05, 0.1) is 0 Å². The Morgan fingerprint density at radius 3 is 1.61 bits per heavy atom. The van der Waals surface area contributed by atoms with Gasteiger partial charge in [0.1, 0.15) is 0 Å². The first-order valence-electron chi connectivity index (χ1n) is 12.6. The van der Waals surface area contributed by atoms with Crippen molar-refractivity contribution in [2.45, 2.75) is 143 Å². The second-order valence-electron chi connectivity index (χ2n) is 8.60. The van der Waals surface area contributed by atoms with Crippen molar-refractivity contribution < 1.29 is 8.85 Å². The highest BCUT2D eigenvalue weighted by atomic mass is 28.4. The highest BCUT2D eigenvalue weighted by Crippen LogP contribution is 2.19. The van der Waals surface area contributed by atoms with Crippen LogP contribution in [0, 0.1) is 0 Å². The lowest BCUT2D eigenvalue weighted by atomic mass is 10.0. The molecule has 0 aliphatic heterocycles. The van der Waals surface area contributed by atoms with Crippen LogP contribution >= 0.6 is 0 Å². The Labute approximate surface area is 179 Å². The van der Waals surface area contributed by atoms with Crippen LogP contribution in [0.2, 0.25) is 6.55 Å². The van der Waals surface area contributed by atoms with E-state index in [1.54, 1.807) is 0 Å². The molecule has 2 atom stereocenters. The van der Waals surface area contributed by atoms with E-state index in [4.69, 9.17) is 8.85 Å². The molecular weight excluding hydrogens is 360 g/mol. The predicted molar refractivity (Wildman–Crippen MR) is 128 cm³/mol. The van der Waals surface area contributed by atoms with Crippen LogP contribution < -0.4 is 0 Å². The summed E-state index contributed by atoms with van der Waals surface area (Å²) in [5.74, 6) is 0. The van der Waals surface area contributed by atoms with Crippen molar-refractivity contribution in [2.24, 2.45) is 0 Å². The maximum Gasteiger partial charge on any atom is 0.361 e. The molecule has 0 spiro atoms. The second-order valence-corrected chi connectivity index (χ2v) is 11.6. The van der Waals surface area contributed by atoms with Gasteiger partial charge < -0.3 is 8.85 Å². The van der Waals surface area contributed by atoms with Crippen LogP contribution in [0.5, 0.6) is 0 Å². The first-order valence-corrected chi connectivity index (χ1v) is 15.0. The fourth-order valence-electron chi connectivity index (χ4n) is 3.64. The summed E-state index contributed by atoms with van der Waals surface area (Å²) in [5, 5.41) is 0. The molecule has 0 saturated carbocycles. The van der Waals surface area contributed by atoms with Gasteiger partial charge in [-0.25, -0.2) is 0 Å². The third-order valence-corrected chi connectivity index (χ3v) is 8.06. The van der Waals surface area contributed by atoms with Crippen molar-refractivity contribution in [3.63, 3.8) is 0 Å². The lowest BCUT2D eigenvalue weighted by Crippen LogP contribution is -2.40. The van der Waals surface area contributed by atoms with Crippen LogP contribution in [-0.4, -0.2) is 21.3 Å². The molecule has 0 radical (unpaired) electrons. The molecule has 0 aliphatic carbocycles. The molecule has 0 N–H and O–H groups in total. The van der Waals surface area contributed by atoms with Crippen LogP contribution in [0.15, 0.2) is 12.3 Å². The molecule has 0 aromatic carbocycles. The molecule has 0 fully saturated rings. The van der Waals surface area contributed by atoms with Crippen molar-refractivity contribution >= 4 is 8.56 Å². The van der Waals surface area contributed by atoms with E-state index in [0.29, 0.717) is 6.10 Å². The van der Waals surface area contributed by atoms with Gasteiger partial charge >= 0.3 is 8.56 Å². The summed E-state index contributed by atoms with van der Waals surface area (Å²) in [6, 6.07) is 0. The topological polar surface area (TPSA) is 18.5 Å². The number of hydrogen-bond acceptors (Lipinski definition) is 2. The van der Waals surface area contributed by atoms with Gasteiger partial charge in [-0.15, -0.1) is 6.58 Å². The average Bonchev–Trinajstić information content (AvgIpc) is 2.71. The number of rotatable bonds is 22. The molecule has 168 valence electrons. The first-order chi connectivity index (χ1) is 13.6. The van der Waals surface area contributed by atoms with Crippen LogP contribution in [0.4, 0.5) is 0 Å². The Morgan fingerprint density at radius 2 is 1.18 bits per heavy atom. The Balaban J connectivity index is 3.60. The minimum atomic E-state index is -2.20. The Bertz CT molecular complexity index is 335. The maximum absolute atomic E-state index is 6.35. The van der Waals surface area contributed by atoms with Crippen molar-refractivity contribution in [3.8, 4) is 0 Å². The summed E-state index contributed by atoms with van der Waals surface area (Å²) in [6.07, 6.45) is 23.0. The fraction of sp³-hybridized carbons (Fsp3) is 0.920. The van der Waals surface area contributed by atoms with E-state index in [9.17, 15) is 0 Å². The Hall–Kier alpha value is -0.123. The molecule has 0 heterocycles. The summed E-state index contributed by atoms with van der Waals surface area (Å²) in [4.78, 5) is 0. The third-order valence-electron chi connectivity index (χ3n) is 5.74. The van der Waals surface area contributed by atoms with Crippen LogP contribution in [-0.2, 0) is 8.85 Å². The van der Waals surface area contributed by atoms with E-state index < -0.39 is 8.56 Å². The molecule has 2 nitrogen and oxygen atoms in total. The largest absolute Gasteiger partial charge is 0.391 e. The zero-order valence-corrected chi connectivity index (χ0v) is 20.9. The molecule has 0 saturated heterocycles. The molecule has 3 heteroatoms. The van der Waals surface area contributed by atoms with E-state index in [1.165, 1.54) is 89.9 Å². The van der Waals surface area contributed by atoms with Crippen LogP contribution in [0.3, 0.4) is 0 Å². The molecular formula is C25H52O2Si. The molecule has 0 aromatic rings. The average molecular weight is 413 g/mol. The minimum absolute atomic E-state index is 0.335. The summed E-state index contributed by atoms with van der Waals surface area (Å²) >= 11 is 0. The van der Waals surface area contributed by atoms with E-state index in [0.717, 1.165) is 25.9 Å². The highest BCUT2D eigenvalue weighted by molar-refractivity contribution is 6.71. The van der Waals surface area contributed by atoms with Gasteiger partial charge in [0, 0.05) is 12.7 Å². The molecule has 28 heavy (non-hydrogen) atoms. The number of unbranched alkanes of at least 4 members (excludes halogenated alkanes) is 13. The third kappa shape index (κ3) is 16.8. The smallest absolute Gasteiger partial charge is 0.361 e. The normalized spacial score (nSPS) is 14.7.